The van der Waals surface area contributed by atoms with Gasteiger partial charge in [0.25, 0.3) is 0 Å². The first-order valence-corrected chi connectivity index (χ1v) is 7.33. The molecule has 4 nitrogen and oxygen atoms in total. The molecule has 0 radical (unpaired) electrons. The third kappa shape index (κ3) is 2.75. The highest BCUT2D eigenvalue weighted by molar-refractivity contribution is 5.15. The number of pyridine rings is 1. The standard InChI is InChI=1S/C16H21N3O/c1-12(2)16-9-14(18-20-16)15-6-4-8-19(15)11-13-5-3-7-17-10-13/h3,5,7,9-10,12,15H,4,6,8,11H2,1-2H3. The number of likely N-dealkylation sites (tertiary alicyclic amines) is 1. The van der Waals surface area contributed by atoms with Crippen LogP contribution >= 0.6 is 0 Å². The second kappa shape index (κ2) is 5.75. The van der Waals surface area contributed by atoms with E-state index in [4.69, 9.17) is 4.52 Å². The van der Waals surface area contributed by atoms with E-state index < -0.39 is 0 Å². The highest BCUT2D eigenvalue weighted by Gasteiger charge is 2.28. The average Bonchev–Trinajstić information content (AvgIpc) is 3.08. The predicted molar refractivity (Wildman–Crippen MR) is 77.2 cm³/mol. The Morgan fingerprint density at radius 3 is 3.05 bits per heavy atom. The summed E-state index contributed by atoms with van der Waals surface area (Å²) in [6.07, 6.45) is 6.13. The maximum Gasteiger partial charge on any atom is 0.139 e. The molecule has 3 rings (SSSR count). The third-order valence-corrected chi connectivity index (χ3v) is 3.93. The highest BCUT2D eigenvalue weighted by Crippen LogP contribution is 2.33. The molecule has 1 unspecified atom stereocenters. The van der Waals surface area contributed by atoms with Crippen LogP contribution in [0.3, 0.4) is 0 Å². The molecule has 0 amide bonds. The summed E-state index contributed by atoms with van der Waals surface area (Å²) in [5.41, 5.74) is 2.34. The van der Waals surface area contributed by atoms with Gasteiger partial charge in [0, 0.05) is 30.9 Å². The van der Waals surface area contributed by atoms with E-state index in [1.165, 1.54) is 12.0 Å². The van der Waals surface area contributed by atoms with Gasteiger partial charge in [-0.2, -0.15) is 0 Å². The Labute approximate surface area is 119 Å². The van der Waals surface area contributed by atoms with Gasteiger partial charge in [-0.3, -0.25) is 9.88 Å². The van der Waals surface area contributed by atoms with Gasteiger partial charge in [0.2, 0.25) is 0 Å². The van der Waals surface area contributed by atoms with E-state index in [0.717, 1.165) is 31.0 Å². The molecule has 106 valence electrons. The van der Waals surface area contributed by atoms with Crippen LogP contribution in [-0.4, -0.2) is 21.6 Å². The fourth-order valence-corrected chi connectivity index (χ4v) is 2.81. The highest BCUT2D eigenvalue weighted by atomic mass is 16.5. The lowest BCUT2D eigenvalue weighted by Crippen LogP contribution is -2.23. The lowest BCUT2D eigenvalue weighted by molar-refractivity contribution is 0.236. The van der Waals surface area contributed by atoms with Crippen LogP contribution in [0.1, 0.15) is 55.7 Å². The fourth-order valence-electron chi connectivity index (χ4n) is 2.81. The smallest absolute Gasteiger partial charge is 0.139 e. The molecule has 2 aromatic heterocycles. The zero-order chi connectivity index (χ0) is 13.9. The molecule has 0 aliphatic carbocycles. The van der Waals surface area contributed by atoms with Crippen molar-refractivity contribution in [3.8, 4) is 0 Å². The van der Waals surface area contributed by atoms with Gasteiger partial charge in [0.15, 0.2) is 0 Å². The van der Waals surface area contributed by atoms with Crippen molar-refractivity contribution in [2.75, 3.05) is 6.54 Å². The Balaban J connectivity index is 1.74. The van der Waals surface area contributed by atoms with Crippen LogP contribution < -0.4 is 0 Å². The molecule has 1 aliphatic heterocycles. The summed E-state index contributed by atoms with van der Waals surface area (Å²) in [6, 6.07) is 6.63. The number of nitrogens with zero attached hydrogens (tertiary/aromatic N) is 3. The third-order valence-electron chi connectivity index (χ3n) is 3.93. The number of hydrogen-bond acceptors (Lipinski definition) is 4. The molecule has 20 heavy (non-hydrogen) atoms. The number of hydrogen-bond donors (Lipinski definition) is 0. The summed E-state index contributed by atoms with van der Waals surface area (Å²) in [5.74, 6) is 1.37. The summed E-state index contributed by atoms with van der Waals surface area (Å²) in [4.78, 5) is 6.66. The summed E-state index contributed by atoms with van der Waals surface area (Å²) in [7, 11) is 0. The molecule has 0 spiro atoms. The van der Waals surface area contributed by atoms with E-state index in [9.17, 15) is 0 Å². The van der Waals surface area contributed by atoms with Gasteiger partial charge in [-0.25, -0.2) is 0 Å². The van der Waals surface area contributed by atoms with Gasteiger partial charge < -0.3 is 4.52 Å². The second-order valence-electron chi connectivity index (χ2n) is 5.80. The summed E-state index contributed by atoms with van der Waals surface area (Å²) in [5, 5.41) is 4.28. The van der Waals surface area contributed by atoms with Crippen molar-refractivity contribution in [2.24, 2.45) is 0 Å². The van der Waals surface area contributed by atoms with Crippen LogP contribution in [0.25, 0.3) is 0 Å². The summed E-state index contributed by atoms with van der Waals surface area (Å²) >= 11 is 0. The molecule has 2 aromatic rings. The first-order valence-electron chi connectivity index (χ1n) is 7.33. The van der Waals surface area contributed by atoms with Crippen LogP contribution in [0.5, 0.6) is 0 Å². The van der Waals surface area contributed by atoms with Gasteiger partial charge in [0.1, 0.15) is 11.5 Å². The van der Waals surface area contributed by atoms with Crippen LogP contribution in [-0.2, 0) is 6.54 Å². The Bertz CT molecular complexity index is 550. The predicted octanol–water partition coefficient (Wildman–Crippen LogP) is 3.53. The van der Waals surface area contributed by atoms with Crippen molar-refractivity contribution in [2.45, 2.75) is 45.2 Å². The van der Waals surface area contributed by atoms with Gasteiger partial charge >= 0.3 is 0 Å². The Kier molecular flexibility index (Phi) is 3.83. The van der Waals surface area contributed by atoms with E-state index in [0.29, 0.717) is 12.0 Å². The zero-order valence-corrected chi connectivity index (χ0v) is 12.1. The van der Waals surface area contributed by atoms with Gasteiger partial charge in [-0.1, -0.05) is 25.1 Å². The zero-order valence-electron chi connectivity index (χ0n) is 12.1. The topological polar surface area (TPSA) is 42.2 Å². The first kappa shape index (κ1) is 13.3. The van der Waals surface area contributed by atoms with Gasteiger partial charge in [-0.05, 0) is 31.0 Å². The number of rotatable bonds is 4. The second-order valence-corrected chi connectivity index (χ2v) is 5.80. The molecule has 3 heterocycles. The van der Waals surface area contributed by atoms with Crippen LogP contribution in [0.15, 0.2) is 35.1 Å². The van der Waals surface area contributed by atoms with Crippen molar-refractivity contribution in [3.63, 3.8) is 0 Å². The molecule has 0 saturated carbocycles. The minimum atomic E-state index is 0.381. The minimum Gasteiger partial charge on any atom is -0.361 e. The lowest BCUT2D eigenvalue weighted by atomic mass is 10.1. The van der Waals surface area contributed by atoms with Crippen molar-refractivity contribution < 1.29 is 4.52 Å². The van der Waals surface area contributed by atoms with E-state index in [1.54, 1.807) is 0 Å². The SMILES string of the molecule is CC(C)c1cc(C2CCCN2Cc2cccnc2)no1. The van der Waals surface area contributed by atoms with E-state index >= 15 is 0 Å². The van der Waals surface area contributed by atoms with Crippen LogP contribution in [0.2, 0.25) is 0 Å². The van der Waals surface area contributed by atoms with Gasteiger partial charge in [-0.15, -0.1) is 0 Å². The molecule has 0 bridgehead atoms. The minimum absolute atomic E-state index is 0.381. The van der Waals surface area contributed by atoms with Crippen LogP contribution in [0, 0.1) is 0 Å². The van der Waals surface area contributed by atoms with E-state index in [2.05, 4.69) is 41.0 Å². The molecule has 0 aromatic carbocycles. The normalized spacial score (nSPS) is 19.9. The van der Waals surface area contributed by atoms with E-state index in [1.807, 2.05) is 18.5 Å². The Morgan fingerprint density at radius 1 is 1.45 bits per heavy atom. The van der Waals surface area contributed by atoms with E-state index in [-0.39, 0.29) is 0 Å². The molecule has 1 atom stereocenters. The maximum atomic E-state index is 5.45. The van der Waals surface area contributed by atoms with Crippen molar-refractivity contribution in [1.29, 1.82) is 0 Å². The maximum absolute atomic E-state index is 5.45. The van der Waals surface area contributed by atoms with Crippen LogP contribution in [0.4, 0.5) is 0 Å². The lowest BCUT2D eigenvalue weighted by Gasteiger charge is -2.22. The fraction of sp³-hybridized carbons (Fsp3) is 0.500. The van der Waals surface area contributed by atoms with Crippen molar-refractivity contribution in [1.82, 2.24) is 15.0 Å². The largest absolute Gasteiger partial charge is 0.361 e. The molecule has 1 fully saturated rings. The molecular weight excluding hydrogens is 250 g/mol. The van der Waals surface area contributed by atoms with Crippen molar-refractivity contribution >= 4 is 0 Å². The summed E-state index contributed by atoms with van der Waals surface area (Å²) in [6.45, 7) is 6.31. The first-order chi connectivity index (χ1) is 9.74. The Morgan fingerprint density at radius 2 is 2.35 bits per heavy atom. The Hall–Kier alpha value is -1.68. The molecule has 1 aliphatic rings. The quantitative estimate of drug-likeness (QED) is 0.853. The molecular formula is C16H21N3O. The number of aromatic nitrogens is 2. The van der Waals surface area contributed by atoms with Gasteiger partial charge in [0.05, 0.1) is 6.04 Å². The van der Waals surface area contributed by atoms with Crippen molar-refractivity contribution in [3.05, 3.63) is 47.6 Å². The average molecular weight is 271 g/mol. The monoisotopic (exact) mass is 271 g/mol. The molecule has 4 heteroatoms. The summed E-state index contributed by atoms with van der Waals surface area (Å²) < 4.78 is 5.45. The molecule has 0 N–H and O–H groups in total. The molecule has 1 saturated heterocycles.